The summed E-state index contributed by atoms with van der Waals surface area (Å²) in [6, 6.07) is 10.1. The molecule has 0 saturated heterocycles. The van der Waals surface area contributed by atoms with E-state index in [4.69, 9.17) is 0 Å². The Bertz CT molecular complexity index is 691. The molecule has 1 N–H and O–H groups in total. The van der Waals surface area contributed by atoms with Crippen LogP contribution >= 0.6 is 0 Å². The first-order valence-electron chi connectivity index (χ1n) is 6.41. The topological polar surface area (TPSA) is 71.2 Å². The van der Waals surface area contributed by atoms with Gasteiger partial charge in [0.2, 0.25) is 0 Å². The highest BCUT2D eigenvalue weighted by Gasteiger charge is 2.05. The number of ether oxygens (including phenoxy) is 1. The summed E-state index contributed by atoms with van der Waals surface area (Å²) in [5.74, 6) is -0.141. The summed E-state index contributed by atoms with van der Waals surface area (Å²) < 4.78 is 4.63. The Morgan fingerprint density at radius 2 is 1.71 bits per heavy atom. The Morgan fingerprint density at radius 1 is 1.05 bits per heavy atom. The number of azo groups is 1. The van der Waals surface area contributed by atoms with E-state index in [2.05, 4.69) is 15.0 Å². The zero-order valence-corrected chi connectivity index (χ0v) is 12.1. The number of benzene rings is 2. The van der Waals surface area contributed by atoms with Crippen LogP contribution in [-0.4, -0.2) is 18.2 Å². The minimum Gasteiger partial charge on any atom is -0.508 e. The predicted molar refractivity (Wildman–Crippen MR) is 79.5 cm³/mol. The van der Waals surface area contributed by atoms with Gasteiger partial charge in [-0.2, -0.15) is 10.2 Å². The first-order chi connectivity index (χ1) is 10.0. The van der Waals surface area contributed by atoms with Crippen LogP contribution in [0.1, 0.15) is 21.5 Å². The summed E-state index contributed by atoms with van der Waals surface area (Å²) >= 11 is 0. The van der Waals surface area contributed by atoms with Gasteiger partial charge in [0, 0.05) is 0 Å². The van der Waals surface area contributed by atoms with Crippen LogP contribution in [0.15, 0.2) is 46.6 Å². The van der Waals surface area contributed by atoms with Crippen molar-refractivity contribution in [3.05, 3.63) is 53.1 Å². The molecule has 2 aromatic carbocycles. The Kier molecular flexibility index (Phi) is 4.33. The molecule has 0 atom stereocenters. The second kappa shape index (κ2) is 6.17. The quantitative estimate of drug-likeness (QED) is 0.677. The zero-order chi connectivity index (χ0) is 15.4. The minimum atomic E-state index is -0.386. The number of methoxy groups -OCH3 is 1. The molecule has 0 unspecified atom stereocenters. The van der Waals surface area contributed by atoms with Gasteiger partial charge in [-0.1, -0.05) is 0 Å². The van der Waals surface area contributed by atoms with E-state index in [1.165, 1.54) is 7.11 Å². The van der Waals surface area contributed by atoms with Crippen LogP contribution in [0, 0.1) is 13.8 Å². The highest BCUT2D eigenvalue weighted by molar-refractivity contribution is 5.89. The number of phenolic OH excluding ortho intramolecular Hbond substituents is 1. The van der Waals surface area contributed by atoms with Crippen molar-refractivity contribution in [1.82, 2.24) is 0 Å². The normalized spacial score (nSPS) is 10.8. The second-order valence-corrected chi connectivity index (χ2v) is 4.66. The van der Waals surface area contributed by atoms with Crippen LogP contribution in [0.5, 0.6) is 5.75 Å². The highest BCUT2D eigenvalue weighted by atomic mass is 16.5. The fourth-order valence-electron chi connectivity index (χ4n) is 1.79. The number of aromatic hydroxyl groups is 1. The Balaban J connectivity index is 2.22. The Labute approximate surface area is 122 Å². The van der Waals surface area contributed by atoms with Crippen molar-refractivity contribution in [1.29, 1.82) is 0 Å². The molecule has 108 valence electrons. The molecule has 0 bridgehead atoms. The van der Waals surface area contributed by atoms with Gasteiger partial charge in [0.05, 0.1) is 24.0 Å². The number of rotatable bonds is 3. The van der Waals surface area contributed by atoms with Crippen LogP contribution in [0.3, 0.4) is 0 Å². The van der Waals surface area contributed by atoms with Crippen LogP contribution in [-0.2, 0) is 4.74 Å². The molecule has 0 fully saturated rings. The molecule has 0 aliphatic rings. The summed E-state index contributed by atoms with van der Waals surface area (Å²) in [5, 5.41) is 17.9. The number of aryl methyl sites for hydroxylation is 2. The summed E-state index contributed by atoms with van der Waals surface area (Å²) in [4.78, 5) is 11.3. The lowest BCUT2D eigenvalue weighted by Gasteiger charge is -2.03. The van der Waals surface area contributed by atoms with Gasteiger partial charge < -0.3 is 9.84 Å². The number of carbonyl (C=O) groups is 1. The molecular weight excluding hydrogens is 268 g/mol. The van der Waals surface area contributed by atoms with Crippen molar-refractivity contribution < 1.29 is 14.6 Å². The molecule has 0 saturated carbocycles. The smallest absolute Gasteiger partial charge is 0.337 e. The number of hydrogen-bond donors (Lipinski definition) is 1. The zero-order valence-electron chi connectivity index (χ0n) is 12.1. The molecule has 0 aliphatic carbocycles. The fourth-order valence-corrected chi connectivity index (χ4v) is 1.79. The van der Waals surface area contributed by atoms with Crippen molar-refractivity contribution in [2.75, 3.05) is 7.11 Å². The number of nitrogens with zero attached hydrogens (tertiary/aromatic N) is 2. The largest absolute Gasteiger partial charge is 0.508 e. The van der Waals surface area contributed by atoms with Crippen molar-refractivity contribution >= 4 is 17.3 Å². The van der Waals surface area contributed by atoms with E-state index >= 15 is 0 Å². The Hall–Kier alpha value is -2.69. The van der Waals surface area contributed by atoms with Crippen molar-refractivity contribution in [3.63, 3.8) is 0 Å². The Morgan fingerprint density at radius 3 is 2.33 bits per heavy atom. The maximum Gasteiger partial charge on any atom is 0.337 e. The maximum atomic E-state index is 11.3. The van der Waals surface area contributed by atoms with Gasteiger partial charge in [-0.15, -0.1) is 0 Å². The molecule has 0 amide bonds. The number of esters is 1. The predicted octanol–water partition coefficient (Wildman–Crippen LogP) is 4.21. The summed E-state index contributed by atoms with van der Waals surface area (Å²) in [5.41, 5.74) is 3.38. The van der Waals surface area contributed by atoms with Gasteiger partial charge in [0.1, 0.15) is 5.75 Å². The van der Waals surface area contributed by atoms with Crippen LogP contribution in [0.4, 0.5) is 11.4 Å². The maximum absolute atomic E-state index is 11.3. The molecule has 0 aromatic heterocycles. The first-order valence-corrected chi connectivity index (χ1v) is 6.41. The van der Waals surface area contributed by atoms with E-state index in [1.807, 2.05) is 6.92 Å². The van der Waals surface area contributed by atoms with Gasteiger partial charge in [-0.05, 0) is 61.4 Å². The third-order valence-corrected chi connectivity index (χ3v) is 3.08. The fraction of sp³-hybridized carbons (Fsp3) is 0.188. The van der Waals surface area contributed by atoms with Gasteiger partial charge in [0.25, 0.3) is 0 Å². The van der Waals surface area contributed by atoms with Crippen molar-refractivity contribution in [3.8, 4) is 5.75 Å². The molecule has 0 radical (unpaired) electrons. The minimum absolute atomic E-state index is 0.244. The average Bonchev–Trinajstić information content (AvgIpc) is 2.49. The molecule has 5 nitrogen and oxygen atoms in total. The summed E-state index contributed by atoms with van der Waals surface area (Å²) in [7, 11) is 1.34. The van der Waals surface area contributed by atoms with Gasteiger partial charge in [-0.25, -0.2) is 4.79 Å². The number of carbonyl (C=O) groups excluding carboxylic acids is 1. The van der Waals surface area contributed by atoms with E-state index in [0.717, 1.165) is 11.1 Å². The van der Waals surface area contributed by atoms with Gasteiger partial charge >= 0.3 is 5.97 Å². The van der Waals surface area contributed by atoms with Crippen molar-refractivity contribution in [2.45, 2.75) is 13.8 Å². The molecular formula is C16H16N2O3. The molecule has 2 aromatic rings. The molecule has 0 heterocycles. The molecule has 0 aliphatic heterocycles. The van der Waals surface area contributed by atoms with E-state index in [1.54, 1.807) is 43.3 Å². The third kappa shape index (κ3) is 3.45. The van der Waals surface area contributed by atoms with Crippen LogP contribution in [0.2, 0.25) is 0 Å². The average molecular weight is 284 g/mol. The van der Waals surface area contributed by atoms with Crippen LogP contribution < -0.4 is 0 Å². The standard InChI is InChI=1S/C16H16N2O3/c1-10-9-15(19)11(2)8-14(10)18-17-13-6-4-12(5-7-13)16(20)21-3/h4-9,19H,1-3H3. The first kappa shape index (κ1) is 14.7. The summed E-state index contributed by atoms with van der Waals surface area (Å²) in [6.07, 6.45) is 0. The lowest BCUT2D eigenvalue weighted by Crippen LogP contribution is -1.99. The lowest BCUT2D eigenvalue weighted by molar-refractivity contribution is 0.0601. The van der Waals surface area contributed by atoms with Gasteiger partial charge in [0.15, 0.2) is 0 Å². The third-order valence-electron chi connectivity index (χ3n) is 3.08. The SMILES string of the molecule is COC(=O)c1ccc(N=Nc2cc(C)c(O)cc2C)cc1. The van der Waals surface area contributed by atoms with Crippen LogP contribution in [0.25, 0.3) is 0 Å². The second-order valence-electron chi connectivity index (χ2n) is 4.66. The molecule has 2 rings (SSSR count). The van der Waals surface area contributed by atoms with E-state index in [9.17, 15) is 9.90 Å². The van der Waals surface area contributed by atoms with E-state index in [0.29, 0.717) is 16.9 Å². The van der Waals surface area contributed by atoms with E-state index in [-0.39, 0.29) is 11.7 Å². The molecule has 5 heteroatoms. The lowest BCUT2D eigenvalue weighted by atomic mass is 10.1. The molecule has 0 spiro atoms. The van der Waals surface area contributed by atoms with Gasteiger partial charge in [-0.3, -0.25) is 0 Å². The van der Waals surface area contributed by atoms with E-state index < -0.39 is 0 Å². The number of hydrogen-bond acceptors (Lipinski definition) is 5. The monoisotopic (exact) mass is 284 g/mol. The number of phenols is 1. The highest BCUT2D eigenvalue weighted by Crippen LogP contribution is 2.28. The molecule has 21 heavy (non-hydrogen) atoms. The summed E-state index contributed by atoms with van der Waals surface area (Å²) in [6.45, 7) is 3.66. The van der Waals surface area contributed by atoms with Crippen molar-refractivity contribution in [2.24, 2.45) is 10.2 Å².